The van der Waals surface area contributed by atoms with E-state index in [2.05, 4.69) is 15.5 Å². The molecule has 2 atom stereocenters. The van der Waals surface area contributed by atoms with Gasteiger partial charge >= 0.3 is 5.97 Å². The number of carbonyl (C=O) groups excluding carboxylic acids is 3. The number of likely N-dealkylation sites (tertiary alicyclic amines) is 1. The van der Waals surface area contributed by atoms with Crippen LogP contribution < -0.4 is 11.1 Å². The number of amides is 3. The maximum absolute atomic E-state index is 12.9. The number of hydrogen-bond acceptors (Lipinski definition) is 10. The molecule has 3 amide bonds. The van der Waals surface area contributed by atoms with Crippen molar-refractivity contribution in [3.05, 3.63) is 34.0 Å². The summed E-state index contributed by atoms with van der Waals surface area (Å²) in [6.07, 6.45) is 2.08. The third kappa shape index (κ3) is 4.82. The van der Waals surface area contributed by atoms with Crippen LogP contribution >= 0.6 is 23.1 Å². The zero-order chi connectivity index (χ0) is 26.4. The zero-order valence-electron chi connectivity index (χ0n) is 19.8. The molecule has 0 aliphatic carbocycles. The summed E-state index contributed by atoms with van der Waals surface area (Å²) < 4.78 is 0. The number of nitrogen functional groups attached to an aromatic ring is 1. The summed E-state index contributed by atoms with van der Waals surface area (Å²) in [5.41, 5.74) is 5.82. The number of carboxylic acids is 1. The van der Waals surface area contributed by atoms with Crippen molar-refractivity contribution in [3.8, 4) is 0 Å². The number of nitrogens with two attached hydrogens (primary N) is 1. The van der Waals surface area contributed by atoms with Crippen molar-refractivity contribution in [2.45, 2.75) is 38.6 Å². The van der Waals surface area contributed by atoms with E-state index in [9.17, 15) is 29.5 Å². The first kappa shape index (κ1) is 25.7. The second kappa shape index (κ2) is 9.58. The third-order valence-electron chi connectivity index (χ3n) is 5.79. The Hall–Kier alpha value is -3.39. The molecule has 192 valence electrons. The number of aliphatic carboxylic acids is 1. The molecule has 3 aliphatic rings. The van der Waals surface area contributed by atoms with Gasteiger partial charge in [-0.15, -0.1) is 23.1 Å². The molecule has 0 unspecified atom stereocenters. The highest BCUT2D eigenvalue weighted by Gasteiger charge is 2.54. The van der Waals surface area contributed by atoms with Crippen LogP contribution in [0.1, 0.15) is 32.9 Å². The SMILES string of the molecule is CC(C)(C)CN1CC/C(=C\C2=C(C(=O)O)N3C(=O)[C@@H](NC(=O)/C(=N\O)c4csc(N)n4)[C@H]3SC2)C1=O. The number of aromatic nitrogens is 1. The number of nitrogens with zero attached hydrogens (tertiary/aromatic N) is 4. The molecule has 14 heteroatoms. The maximum Gasteiger partial charge on any atom is 0.352 e. The Bertz CT molecular complexity index is 1230. The molecule has 12 nitrogen and oxygen atoms in total. The molecule has 0 bridgehead atoms. The summed E-state index contributed by atoms with van der Waals surface area (Å²) in [7, 11) is 0. The fraction of sp³-hybridized carbons (Fsp3) is 0.455. The average molecular weight is 535 g/mol. The summed E-state index contributed by atoms with van der Waals surface area (Å²) in [4.78, 5) is 57.3. The first-order valence-corrected chi connectivity index (χ1v) is 13.0. The number of nitrogens with one attached hydrogen (secondary N) is 1. The fourth-order valence-electron chi connectivity index (χ4n) is 4.31. The number of carboxylic acid groups (broad SMARTS) is 1. The molecule has 1 aromatic rings. The first-order valence-electron chi connectivity index (χ1n) is 11.1. The summed E-state index contributed by atoms with van der Waals surface area (Å²) in [6, 6.07) is -1.02. The number of rotatable bonds is 6. The van der Waals surface area contributed by atoms with Crippen molar-refractivity contribution in [3.63, 3.8) is 0 Å². The van der Waals surface area contributed by atoms with E-state index in [1.165, 1.54) is 17.1 Å². The minimum absolute atomic E-state index is 0.0548. The van der Waals surface area contributed by atoms with Crippen LogP contribution in [-0.4, -0.2) is 84.8 Å². The number of β-lactam (4-membered cyclic amide) rings is 1. The van der Waals surface area contributed by atoms with E-state index in [-0.39, 0.29) is 33.6 Å². The Balaban J connectivity index is 1.52. The Morgan fingerprint density at radius 1 is 1.36 bits per heavy atom. The molecule has 0 radical (unpaired) electrons. The average Bonchev–Trinajstić information content (AvgIpc) is 3.37. The van der Waals surface area contributed by atoms with E-state index in [4.69, 9.17) is 5.73 Å². The van der Waals surface area contributed by atoms with Crippen LogP contribution in [0.15, 0.2) is 33.5 Å². The highest BCUT2D eigenvalue weighted by atomic mass is 32.2. The van der Waals surface area contributed by atoms with Gasteiger partial charge in [0, 0.05) is 29.8 Å². The lowest BCUT2D eigenvalue weighted by atomic mass is 9.96. The van der Waals surface area contributed by atoms with Crippen LogP contribution in [0.3, 0.4) is 0 Å². The van der Waals surface area contributed by atoms with Crippen molar-refractivity contribution in [1.29, 1.82) is 0 Å². The number of thioether (sulfide) groups is 1. The molecular weight excluding hydrogens is 508 g/mol. The molecule has 0 saturated carbocycles. The van der Waals surface area contributed by atoms with Crippen LogP contribution in [0, 0.1) is 5.41 Å². The van der Waals surface area contributed by atoms with Crippen molar-refractivity contribution in [2.24, 2.45) is 10.6 Å². The Morgan fingerprint density at radius 2 is 2.08 bits per heavy atom. The topological polar surface area (TPSA) is 179 Å². The highest BCUT2D eigenvalue weighted by molar-refractivity contribution is 8.00. The van der Waals surface area contributed by atoms with E-state index >= 15 is 0 Å². The Kier molecular flexibility index (Phi) is 6.84. The van der Waals surface area contributed by atoms with Gasteiger partial charge in [-0.3, -0.25) is 19.3 Å². The first-order chi connectivity index (χ1) is 16.9. The van der Waals surface area contributed by atoms with Crippen molar-refractivity contribution < 1.29 is 29.5 Å². The molecule has 4 heterocycles. The van der Waals surface area contributed by atoms with E-state index in [0.717, 1.165) is 16.2 Å². The molecule has 0 aromatic carbocycles. The van der Waals surface area contributed by atoms with Crippen LogP contribution in [-0.2, 0) is 19.2 Å². The minimum atomic E-state index is -1.29. The molecule has 4 rings (SSSR count). The second-order valence-electron chi connectivity index (χ2n) is 9.77. The van der Waals surface area contributed by atoms with E-state index < -0.39 is 34.9 Å². The van der Waals surface area contributed by atoms with Gasteiger partial charge in [-0.05, 0) is 23.5 Å². The van der Waals surface area contributed by atoms with E-state index in [1.54, 1.807) is 11.0 Å². The summed E-state index contributed by atoms with van der Waals surface area (Å²) in [5, 5.41) is 25.6. The number of oxime groups is 1. The van der Waals surface area contributed by atoms with Crippen molar-refractivity contribution >= 4 is 57.6 Å². The van der Waals surface area contributed by atoms with Gasteiger partial charge in [-0.25, -0.2) is 9.78 Å². The van der Waals surface area contributed by atoms with Gasteiger partial charge in [0.05, 0.1) is 0 Å². The van der Waals surface area contributed by atoms with Gasteiger partial charge in [-0.2, -0.15) is 0 Å². The molecule has 3 aliphatic heterocycles. The maximum atomic E-state index is 12.9. The van der Waals surface area contributed by atoms with Crippen molar-refractivity contribution in [1.82, 2.24) is 20.1 Å². The van der Waals surface area contributed by atoms with Crippen LogP contribution in [0.25, 0.3) is 0 Å². The van der Waals surface area contributed by atoms with Gasteiger partial charge in [0.25, 0.3) is 11.8 Å². The number of hydrogen-bond donors (Lipinski definition) is 4. The Labute approximate surface area is 214 Å². The molecular formula is C22H26N6O6S2. The summed E-state index contributed by atoms with van der Waals surface area (Å²) in [5.74, 6) is -2.64. The lowest BCUT2D eigenvalue weighted by Crippen LogP contribution is -2.71. The summed E-state index contributed by atoms with van der Waals surface area (Å²) in [6.45, 7) is 7.26. The zero-order valence-corrected chi connectivity index (χ0v) is 21.5. The number of fused-ring (bicyclic) bond motifs is 1. The number of allylic oxidation sites excluding steroid dienone is 1. The van der Waals surface area contributed by atoms with E-state index in [0.29, 0.717) is 30.7 Å². The van der Waals surface area contributed by atoms with Crippen LogP contribution in [0.4, 0.5) is 5.13 Å². The molecule has 1 aromatic heterocycles. The molecule has 0 spiro atoms. The minimum Gasteiger partial charge on any atom is -0.477 e. The van der Waals surface area contributed by atoms with Gasteiger partial charge in [0.1, 0.15) is 22.8 Å². The normalized spacial score (nSPS) is 23.8. The fourth-order valence-corrected chi connectivity index (χ4v) is 6.16. The lowest BCUT2D eigenvalue weighted by Gasteiger charge is -2.49. The molecule has 2 fully saturated rings. The number of anilines is 1. The van der Waals surface area contributed by atoms with Crippen LogP contribution in [0.5, 0.6) is 0 Å². The quantitative estimate of drug-likeness (QED) is 0.135. The predicted molar refractivity (Wildman–Crippen MR) is 133 cm³/mol. The van der Waals surface area contributed by atoms with E-state index in [1.807, 2.05) is 20.8 Å². The lowest BCUT2D eigenvalue weighted by molar-refractivity contribution is -0.150. The van der Waals surface area contributed by atoms with Gasteiger partial charge in [-0.1, -0.05) is 25.9 Å². The van der Waals surface area contributed by atoms with Gasteiger partial charge in [0.15, 0.2) is 10.8 Å². The Morgan fingerprint density at radius 3 is 2.67 bits per heavy atom. The number of carbonyl (C=O) groups is 4. The largest absolute Gasteiger partial charge is 0.477 e. The second-order valence-corrected chi connectivity index (χ2v) is 11.8. The monoisotopic (exact) mass is 534 g/mol. The number of thiazole rings is 1. The van der Waals surface area contributed by atoms with Gasteiger partial charge in [0.2, 0.25) is 5.91 Å². The van der Waals surface area contributed by atoms with Gasteiger partial charge < -0.3 is 26.3 Å². The highest BCUT2D eigenvalue weighted by Crippen LogP contribution is 2.41. The standard InChI is InChI=1S/C22H26N6O6S2/c1-22(2,3)9-27-5-4-10(17(27)30)6-11-7-35-19-14(18(31)28(19)15(11)20(32)33)25-16(29)13(26-34)12-8-36-21(23)24-12/h6,8,14,19,34H,4-5,7,9H2,1-3H3,(H2,23,24)(H,25,29)(H,32,33)/b10-6+,26-13-/t14-,19-/m1/s1. The third-order valence-corrected chi connectivity index (χ3v) is 7.77. The predicted octanol–water partition coefficient (Wildman–Crippen LogP) is 0.847. The smallest absolute Gasteiger partial charge is 0.352 e. The van der Waals surface area contributed by atoms with Crippen molar-refractivity contribution in [2.75, 3.05) is 24.6 Å². The molecule has 36 heavy (non-hydrogen) atoms. The molecule has 2 saturated heterocycles. The molecule has 5 N–H and O–H groups in total. The summed E-state index contributed by atoms with van der Waals surface area (Å²) >= 11 is 2.33. The van der Waals surface area contributed by atoms with Crippen LogP contribution in [0.2, 0.25) is 0 Å².